The van der Waals surface area contributed by atoms with Crippen LogP contribution in [0, 0.1) is 23.4 Å². The van der Waals surface area contributed by atoms with Crippen LogP contribution in [0.2, 0.25) is 0 Å². The Balaban J connectivity index is 1.50. The number of rotatable bonds is 8. The van der Waals surface area contributed by atoms with Crippen molar-refractivity contribution in [1.29, 1.82) is 0 Å². The summed E-state index contributed by atoms with van der Waals surface area (Å²) < 4.78 is 42.8. The molecule has 9 heteroatoms. The number of amides is 2. The van der Waals surface area contributed by atoms with Crippen LogP contribution in [0.15, 0.2) is 72.9 Å². The predicted molar refractivity (Wildman–Crippen MR) is 163 cm³/mol. The molecule has 3 heterocycles. The summed E-state index contributed by atoms with van der Waals surface area (Å²) in [5.74, 6) is -3.07. The number of pyridine rings is 1. The highest BCUT2D eigenvalue weighted by molar-refractivity contribution is 6.12. The van der Waals surface area contributed by atoms with Crippen molar-refractivity contribution in [3.63, 3.8) is 0 Å². The molecule has 2 amide bonds. The summed E-state index contributed by atoms with van der Waals surface area (Å²) in [4.78, 5) is 31.7. The second-order valence-electron chi connectivity index (χ2n) is 12.0. The van der Waals surface area contributed by atoms with Gasteiger partial charge in [0.25, 0.3) is 11.8 Å². The minimum absolute atomic E-state index is 0.146. The first-order valence-electron chi connectivity index (χ1n) is 14.4. The van der Waals surface area contributed by atoms with E-state index in [0.29, 0.717) is 47.5 Å². The zero-order valence-corrected chi connectivity index (χ0v) is 24.5. The minimum Gasteiger partial charge on any atom is -0.366 e. The summed E-state index contributed by atoms with van der Waals surface area (Å²) in [7, 11) is 0. The van der Waals surface area contributed by atoms with Gasteiger partial charge in [-0.1, -0.05) is 38.1 Å². The molecule has 3 aromatic carbocycles. The van der Waals surface area contributed by atoms with Crippen LogP contribution in [0.1, 0.15) is 64.0 Å². The number of nitrogens with zero attached hydrogens (tertiary/aromatic N) is 2. The van der Waals surface area contributed by atoms with Crippen LogP contribution < -0.4 is 11.1 Å². The van der Waals surface area contributed by atoms with E-state index in [2.05, 4.69) is 5.32 Å². The maximum absolute atomic E-state index is 13.8. The van der Waals surface area contributed by atoms with Crippen molar-refractivity contribution in [3.8, 4) is 11.1 Å². The van der Waals surface area contributed by atoms with Crippen molar-refractivity contribution in [2.24, 2.45) is 11.7 Å². The Bertz CT molecular complexity index is 1950. The highest BCUT2D eigenvalue weighted by Crippen LogP contribution is 2.42. The van der Waals surface area contributed by atoms with Crippen LogP contribution >= 0.6 is 0 Å². The molecular weight excluding hydrogens is 565 g/mol. The standard InChI is InChI=1S/C35H31F3N4O2/c1-19(2)14-27-30(33(39)43)29(31-32(40-27)35(3,41-34(31)44)17-20-4-8-24(36)9-5-20)23-7-11-28-22(16-23)12-13-42(28)18-21-6-10-25(37)26(38)15-21/h4-13,15-16,19H,14,17-18H2,1-3H3,(H2,39,43)(H,41,44). The van der Waals surface area contributed by atoms with Crippen LogP contribution in [0.3, 0.4) is 0 Å². The second-order valence-corrected chi connectivity index (χ2v) is 12.0. The Hall–Kier alpha value is -4.92. The molecule has 0 fully saturated rings. The molecule has 0 radical (unpaired) electrons. The number of halogens is 3. The second kappa shape index (κ2) is 11.0. The van der Waals surface area contributed by atoms with E-state index < -0.39 is 23.1 Å². The normalized spacial score (nSPS) is 16.0. The highest BCUT2D eigenvalue weighted by atomic mass is 19.2. The van der Waals surface area contributed by atoms with E-state index in [1.807, 2.05) is 55.8 Å². The molecule has 6 nitrogen and oxygen atoms in total. The van der Waals surface area contributed by atoms with Crippen molar-refractivity contribution in [2.45, 2.75) is 45.7 Å². The van der Waals surface area contributed by atoms with Crippen LogP contribution in [0.5, 0.6) is 0 Å². The number of primary amides is 1. The number of hydrogen-bond acceptors (Lipinski definition) is 3. The van der Waals surface area contributed by atoms with Gasteiger partial charge < -0.3 is 15.6 Å². The van der Waals surface area contributed by atoms with E-state index in [4.69, 9.17) is 10.7 Å². The van der Waals surface area contributed by atoms with Gasteiger partial charge in [0, 0.05) is 35.6 Å². The zero-order valence-electron chi connectivity index (χ0n) is 24.5. The van der Waals surface area contributed by atoms with Gasteiger partial charge in [-0.05, 0) is 78.4 Å². The number of nitrogens with one attached hydrogen (secondary N) is 1. The molecule has 0 bridgehead atoms. The van der Waals surface area contributed by atoms with Gasteiger partial charge in [-0.15, -0.1) is 0 Å². The fourth-order valence-electron chi connectivity index (χ4n) is 6.18. The molecule has 1 atom stereocenters. The highest BCUT2D eigenvalue weighted by Gasteiger charge is 2.44. The lowest BCUT2D eigenvalue weighted by atomic mass is 9.84. The third-order valence-electron chi connectivity index (χ3n) is 8.13. The number of hydrogen-bond donors (Lipinski definition) is 2. The van der Waals surface area contributed by atoms with Gasteiger partial charge in [-0.3, -0.25) is 14.6 Å². The van der Waals surface area contributed by atoms with E-state index >= 15 is 0 Å². The largest absolute Gasteiger partial charge is 0.366 e. The molecule has 224 valence electrons. The summed E-state index contributed by atoms with van der Waals surface area (Å²) in [5, 5.41) is 3.91. The van der Waals surface area contributed by atoms with E-state index in [1.54, 1.807) is 12.1 Å². The summed E-state index contributed by atoms with van der Waals surface area (Å²) in [6.07, 6.45) is 2.67. The Kier molecular flexibility index (Phi) is 7.27. The quantitative estimate of drug-likeness (QED) is 0.210. The molecule has 0 aliphatic carbocycles. The molecule has 0 saturated heterocycles. The third kappa shape index (κ3) is 5.23. The molecule has 44 heavy (non-hydrogen) atoms. The van der Waals surface area contributed by atoms with E-state index in [-0.39, 0.29) is 28.8 Å². The molecule has 3 N–H and O–H groups in total. The van der Waals surface area contributed by atoms with Crippen molar-refractivity contribution in [3.05, 3.63) is 124 Å². The summed E-state index contributed by atoms with van der Waals surface area (Å²) in [5.41, 5.74) is 9.90. The lowest BCUT2D eigenvalue weighted by molar-refractivity contribution is 0.0935. The Morgan fingerprint density at radius 1 is 0.955 bits per heavy atom. The number of carbonyl (C=O) groups is 2. The van der Waals surface area contributed by atoms with Crippen LogP contribution in [-0.2, 0) is 24.9 Å². The first kappa shape index (κ1) is 29.2. The Morgan fingerprint density at radius 3 is 2.36 bits per heavy atom. The average molecular weight is 597 g/mol. The van der Waals surface area contributed by atoms with Gasteiger partial charge in [-0.25, -0.2) is 13.2 Å². The zero-order chi connectivity index (χ0) is 31.3. The summed E-state index contributed by atoms with van der Waals surface area (Å²) in [6, 6.07) is 17.4. The maximum atomic E-state index is 13.8. The van der Waals surface area contributed by atoms with Crippen molar-refractivity contribution < 1.29 is 22.8 Å². The lowest BCUT2D eigenvalue weighted by Gasteiger charge is -2.26. The summed E-state index contributed by atoms with van der Waals surface area (Å²) >= 11 is 0. The number of benzene rings is 3. The van der Waals surface area contributed by atoms with Gasteiger partial charge in [0.2, 0.25) is 0 Å². The van der Waals surface area contributed by atoms with E-state index in [0.717, 1.165) is 22.5 Å². The molecule has 6 rings (SSSR count). The molecular formula is C35H31F3N4O2. The fourth-order valence-corrected chi connectivity index (χ4v) is 6.18. The predicted octanol–water partition coefficient (Wildman–Crippen LogP) is 6.67. The maximum Gasteiger partial charge on any atom is 0.254 e. The van der Waals surface area contributed by atoms with Gasteiger partial charge >= 0.3 is 0 Å². The van der Waals surface area contributed by atoms with E-state index in [9.17, 15) is 22.8 Å². The minimum atomic E-state index is -0.918. The third-order valence-corrected chi connectivity index (χ3v) is 8.13. The monoisotopic (exact) mass is 596 g/mol. The number of carbonyl (C=O) groups excluding carboxylic acids is 2. The molecule has 5 aromatic rings. The smallest absolute Gasteiger partial charge is 0.254 e. The van der Waals surface area contributed by atoms with Crippen molar-refractivity contribution in [1.82, 2.24) is 14.9 Å². The molecule has 0 spiro atoms. The topological polar surface area (TPSA) is 90.0 Å². The van der Waals surface area contributed by atoms with Crippen LogP contribution in [0.25, 0.3) is 22.0 Å². The molecule has 1 aliphatic rings. The molecule has 1 aliphatic heterocycles. The average Bonchev–Trinajstić information content (AvgIpc) is 3.47. The van der Waals surface area contributed by atoms with E-state index in [1.165, 1.54) is 24.3 Å². The van der Waals surface area contributed by atoms with Crippen molar-refractivity contribution >= 4 is 22.7 Å². The van der Waals surface area contributed by atoms with Gasteiger partial charge in [0.15, 0.2) is 11.6 Å². The molecule has 1 unspecified atom stereocenters. The van der Waals surface area contributed by atoms with Crippen LogP contribution in [-0.4, -0.2) is 21.4 Å². The SMILES string of the molecule is CC(C)Cc1nc2c(c(-c3ccc4c(ccn4Cc4ccc(F)c(F)c4)c3)c1C(N)=O)C(=O)NC2(C)Cc1ccc(F)cc1. The first-order chi connectivity index (χ1) is 20.9. The molecule has 2 aromatic heterocycles. The Morgan fingerprint density at radius 2 is 1.68 bits per heavy atom. The summed E-state index contributed by atoms with van der Waals surface area (Å²) in [6.45, 7) is 6.23. The molecule has 0 saturated carbocycles. The van der Waals surface area contributed by atoms with Crippen molar-refractivity contribution in [2.75, 3.05) is 0 Å². The first-order valence-corrected chi connectivity index (χ1v) is 14.4. The van der Waals surface area contributed by atoms with Gasteiger partial charge in [0.05, 0.1) is 28.1 Å². The Labute approximate surface area is 252 Å². The van der Waals surface area contributed by atoms with Gasteiger partial charge in [-0.2, -0.15) is 0 Å². The van der Waals surface area contributed by atoms with Gasteiger partial charge in [0.1, 0.15) is 5.82 Å². The van der Waals surface area contributed by atoms with Crippen LogP contribution in [0.4, 0.5) is 13.2 Å². The fraction of sp³-hybridized carbons (Fsp3) is 0.229. The number of fused-ring (bicyclic) bond motifs is 2. The number of aromatic nitrogens is 2. The lowest BCUT2D eigenvalue weighted by Crippen LogP contribution is -2.39. The number of nitrogens with two attached hydrogens (primary N) is 1.